The van der Waals surface area contributed by atoms with Gasteiger partial charge in [0.15, 0.2) is 0 Å². The molecule has 0 aliphatic heterocycles. The number of aromatic carboxylic acids is 1. The van der Waals surface area contributed by atoms with E-state index in [2.05, 4.69) is 31.9 Å². The minimum absolute atomic E-state index is 0.0147. The lowest BCUT2D eigenvalue weighted by Gasteiger charge is -2.10. The first kappa shape index (κ1) is 15.0. The Labute approximate surface area is 131 Å². The Bertz CT molecular complexity index is 659. The Kier molecular flexibility index (Phi) is 4.77. The topological polar surface area (TPSA) is 46.5 Å². The quantitative estimate of drug-likeness (QED) is 0.809. The minimum Gasteiger partial charge on any atom is -0.488 e. The molecule has 0 bridgehead atoms. The number of halogens is 3. The number of ether oxygens (including phenoxy) is 1. The molecule has 104 valence electrons. The van der Waals surface area contributed by atoms with Crippen molar-refractivity contribution in [3.8, 4) is 5.75 Å². The highest BCUT2D eigenvalue weighted by Crippen LogP contribution is 2.27. The van der Waals surface area contributed by atoms with Gasteiger partial charge >= 0.3 is 5.97 Å². The summed E-state index contributed by atoms with van der Waals surface area (Å²) >= 11 is 6.44. The standard InChI is InChI=1S/C14H9Br2FO3/c15-10-3-1-9(12(17)6-10)7-20-13-5-8(14(18)19)2-4-11(13)16/h1-6H,7H2,(H,18,19). The molecule has 0 fully saturated rings. The first-order chi connectivity index (χ1) is 9.47. The van der Waals surface area contributed by atoms with E-state index in [1.807, 2.05) is 0 Å². The predicted octanol–water partition coefficient (Wildman–Crippen LogP) is 4.63. The van der Waals surface area contributed by atoms with Crippen LogP contribution in [0.2, 0.25) is 0 Å². The molecular weight excluding hydrogens is 395 g/mol. The van der Waals surface area contributed by atoms with Gasteiger partial charge in [0.25, 0.3) is 0 Å². The molecule has 2 aromatic rings. The van der Waals surface area contributed by atoms with Crippen LogP contribution >= 0.6 is 31.9 Å². The van der Waals surface area contributed by atoms with Crippen LogP contribution in [-0.2, 0) is 6.61 Å². The summed E-state index contributed by atoms with van der Waals surface area (Å²) in [6.45, 7) is 0.0147. The second-order valence-electron chi connectivity index (χ2n) is 3.97. The maximum atomic E-state index is 13.6. The molecular formula is C14H9Br2FO3. The van der Waals surface area contributed by atoms with E-state index in [-0.39, 0.29) is 18.0 Å². The zero-order chi connectivity index (χ0) is 14.7. The molecule has 0 spiro atoms. The molecule has 0 aliphatic carbocycles. The van der Waals surface area contributed by atoms with Crippen LogP contribution in [0.15, 0.2) is 45.3 Å². The molecule has 20 heavy (non-hydrogen) atoms. The largest absolute Gasteiger partial charge is 0.488 e. The van der Waals surface area contributed by atoms with Crippen molar-refractivity contribution in [3.63, 3.8) is 0 Å². The third kappa shape index (κ3) is 3.58. The molecule has 0 atom stereocenters. The van der Waals surface area contributed by atoms with E-state index in [1.54, 1.807) is 18.2 Å². The van der Waals surface area contributed by atoms with Crippen LogP contribution in [0.4, 0.5) is 4.39 Å². The van der Waals surface area contributed by atoms with E-state index in [0.29, 0.717) is 20.3 Å². The van der Waals surface area contributed by atoms with Gasteiger partial charge in [-0.3, -0.25) is 0 Å². The summed E-state index contributed by atoms with van der Waals surface area (Å²) in [5.41, 5.74) is 0.500. The summed E-state index contributed by atoms with van der Waals surface area (Å²) in [4.78, 5) is 10.9. The summed E-state index contributed by atoms with van der Waals surface area (Å²) < 4.78 is 20.4. The van der Waals surface area contributed by atoms with E-state index in [1.165, 1.54) is 18.2 Å². The number of carbonyl (C=O) groups is 1. The summed E-state index contributed by atoms with van der Waals surface area (Å²) in [5.74, 6) is -1.07. The van der Waals surface area contributed by atoms with Gasteiger partial charge in [-0.25, -0.2) is 9.18 Å². The maximum absolute atomic E-state index is 13.6. The van der Waals surface area contributed by atoms with E-state index in [9.17, 15) is 9.18 Å². The zero-order valence-electron chi connectivity index (χ0n) is 10.1. The second-order valence-corrected chi connectivity index (χ2v) is 5.74. The number of hydrogen-bond donors (Lipinski definition) is 1. The normalized spacial score (nSPS) is 10.3. The van der Waals surface area contributed by atoms with Crippen LogP contribution in [0.5, 0.6) is 5.75 Å². The molecule has 0 aromatic heterocycles. The number of carboxylic acid groups (broad SMARTS) is 1. The van der Waals surface area contributed by atoms with Crippen LogP contribution in [0.1, 0.15) is 15.9 Å². The third-order valence-corrected chi connectivity index (χ3v) is 3.72. The minimum atomic E-state index is -1.04. The van der Waals surface area contributed by atoms with E-state index >= 15 is 0 Å². The van der Waals surface area contributed by atoms with Gasteiger partial charge in [0.05, 0.1) is 10.0 Å². The van der Waals surface area contributed by atoms with Crippen molar-refractivity contribution in [1.82, 2.24) is 0 Å². The van der Waals surface area contributed by atoms with Crippen LogP contribution in [0.25, 0.3) is 0 Å². The van der Waals surface area contributed by atoms with Gasteiger partial charge in [-0.05, 0) is 46.3 Å². The molecule has 0 aliphatic rings. The number of carboxylic acids is 1. The second kappa shape index (κ2) is 6.37. The first-order valence-corrected chi connectivity index (χ1v) is 7.15. The Balaban J connectivity index is 2.18. The van der Waals surface area contributed by atoms with Crippen molar-refractivity contribution in [2.75, 3.05) is 0 Å². The van der Waals surface area contributed by atoms with Gasteiger partial charge in [0, 0.05) is 10.0 Å². The lowest BCUT2D eigenvalue weighted by Crippen LogP contribution is -2.01. The molecule has 3 nitrogen and oxygen atoms in total. The van der Waals surface area contributed by atoms with Crippen molar-refractivity contribution in [1.29, 1.82) is 0 Å². The fraction of sp³-hybridized carbons (Fsp3) is 0.0714. The Morgan fingerprint density at radius 1 is 1.20 bits per heavy atom. The van der Waals surface area contributed by atoms with Crippen molar-refractivity contribution >= 4 is 37.8 Å². The van der Waals surface area contributed by atoms with E-state index < -0.39 is 5.97 Å². The summed E-state index contributed by atoms with van der Waals surface area (Å²) in [6.07, 6.45) is 0. The molecule has 0 amide bonds. The molecule has 1 N–H and O–H groups in total. The van der Waals surface area contributed by atoms with Crippen LogP contribution < -0.4 is 4.74 Å². The molecule has 0 heterocycles. The molecule has 6 heteroatoms. The maximum Gasteiger partial charge on any atom is 0.335 e. The molecule has 0 saturated carbocycles. The number of hydrogen-bond acceptors (Lipinski definition) is 2. The van der Waals surface area contributed by atoms with Gasteiger partial charge in [-0.1, -0.05) is 22.0 Å². The van der Waals surface area contributed by atoms with Crippen LogP contribution in [0, 0.1) is 5.82 Å². The van der Waals surface area contributed by atoms with Gasteiger partial charge in [-0.15, -0.1) is 0 Å². The first-order valence-electron chi connectivity index (χ1n) is 5.57. The van der Waals surface area contributed by atoms with Gasteiger partial charge in [0.2, 0.25) is 0 Å². The molecule has 2 aromatic carbocycles. The van der Waals surface area contributed by atoms with E-state index in [4.69, 9.17) is 9.84 Å². The van der Waals surface area contributed by atoms with Gasteiger partial charge in [0.1, 0.15) is 18.2 Å². The third-order valence-electron chi connectivity index (χ3n) is 2.58. The van der Waals surface area contributed by atoms with Crippen LogP contribution in [0.3, 0.4) is 0 Å². The molecule has 0 saturated heterocycles. The van der Waals surface area contributed by atoms with Gasteiger partial charge < -0.3 is 9.84 Å². The summed E-state index contributed by atoms with van der Waals surface area (Å²) in [6, 6.07) is 9.10. The Morgan fingerprint density at radius 3 is 2.60 bits per heavy atom. The molecule has 2 rings (SSSR count). The summed E-state index contributed by atoms with van der Waals surface area (Å²) in [5, 5.41) is 8.92. The fourth-order valence-corrected chi connectivity index (χ4v) is 2.24. The van der Waals surface area contributed by atoms with Crippen molar-refractivity contribution in [2.24, 2.45) is 0 Å². The molecule has 0 unspecified atom stereocenters. The summed E-state index contributed by atoms with van der Waals surface area (Å²) in [7, 11) is 0. The predicted molar refractivity (Wildman–Crippen MR) is 79.5 cm³/mol. The lowest BCUT2D eigenvalue weighted by molar-refractivity contribution is 0.0696. The highest BCUT2D eigenvalue weighted by Gasteiger charge is 2.09. The van der Waals surface area contributed by atoms with E-state index in [0.717, 1.165) is 0 Å². The monoisotopic (exact) mass is 402 g/mol. The van der Waals surface area contributed by atoms with Crippen molar-refractivity contribution in [2.45, 2.75) is 6.61 Å². The Morgan fingerprint density at radius 2 is 1.95 bits per heavy atom. The van der Waals surface area contributed by atoms with Gasteiger partial charge in [-0.2, -0.15) is 0 Å². The number of rotatable bonds is 4. The lowest BCUT2D eigenvalue weighted by atomic mass is 10.2. The average molecular weight is 404 g/mol. The van der Waals surface area contributed by atoms with Crippen molar-refractivity contribution in [3.05, 3.63) is 62.3 Å². The molecule has 0 radical (unpaired) electrons. The highest BCUT2D eigenvalue weighted by molar-refractivity contribution is 9.10. The Hall–Kier alpha value is -1.40. The number of benzene rings is 2. The van der Waals surface area contributed by atoms with Crippen LogP contribution in [-0.4, -0.2) is 11.1 Å². The van der Waals surface area contributed by atoms with Crippen molar-refractivity contribution < 1.29 is 19.0 Å². The zero-order valence-corrected chi connectivity index (χ0v) is 13.2. The SMILES string of the molecule is O=C(O)c1ccc(Br)c(OCc2ccc(Br)cc2F)c1. The fourth-order valence-electron chi connectivity index (χ4n) is 1.54. The smallest absolute Gasteiger partial charge is 0.335 e. The average Bonchev–Trinajstić information content (AvgIpc) is 2.39. The highest BCUT2D eigenvalue weighted by atomic mass is 79.9.